The highest BCUT2D eigenvalue weighted by Crippen LogP contribution is 2.42. The Kier molecular flexibility index (Phi) is 4.69. The van der Waals surface area contributed by atoms with Crippen molar-refractivity contribution in [2.24, 2.45) is 0 Å². The molecule has 0 spiro atoms. The standard InChI is InChI=1S/C17H16ClNO4/c18-8-13(20)12-6-7-14(16-17(12)23-10-15(21)19-16)22-9-11-4-2-1-3-5-11/h1-7,13,20H,8-10H2,(H,19,21). The minimum atomic E-state index is -0.872. The maximum atomic E-state index is 11.6. The second-order valence-corrected chi connectivity index (χ2v) is 5.45. The van der Waals surface area contributed by atoms with E-state index in [0.717, 1.165) is 5.56 Å². The van der Waals surface area contributed by atoms with Crippen molar-refractivity contribution in [2.75, 3.05) is 17.8 Å². The summed E-state index contributed by atoms with van der Waals surface area (Å²) >= 11 is 5.71. The molecule has 2 N–H and O–H groups in total. The lowest BCUT2D eigenvalue weighted by molar-refractivity contribution is -0.118. The SMILES string of the molecule is O=C1COc2c(C(O)CCl)ccc(OCc3ccccc3)c2N1. The number of fused-ring (bicyclic) bond motifs is 1. The van der Waals surface area contributed by atoms with E-state index in [0.29, 0.717) is 29.4 Å². The maximum absolute atomic E-state index is 11.6. The topological polar surface area (TPSA) is 67.8 Å². The van der Waals surface area contributed by atoms with E-state index < -0.39 is 6.10 Å². The summed E-state index contributed by atoms with van der Waals surface area (Å²) < 4.78 is 11.3. The molecule has 0 radical (unpaired) electrons. The third-order valence-electron chi connectivity index (χ3n) is 3.50. The second kappa shape index (κ2) is 6.89. The van der Waals surface area contributed by atoms with Gasteiger partial charge < -0.3 is 19.9 Å². The van der Waals surface area contributed by atoms with E-state index in [9.17, 15) is 9.90 Å². The Bertz CT molecular complexity index is 705. The molecule has 0 saturated heterocycles. The molecule has 0 bridgehead atoms. The van der Waals surface area contributed by atoms with E-state index in [1.165, 1.54) is 0 Å². The summed E-state index contributed by atoms with van der Waals surface area (Å²) in [4.78, 5) is 11.6. The van der Waals surface area contributed by atoms with E-state index in [2.05, 4.69) is 5.32 Å². The summed E-state index contributed by atoms with van der Waals surface area (Å²) in [5.74, 6) is 0.666. The summed E-state index contributed by atoms with van der Waals surface area (Å²) in [7, 11) is 0. The molecule has 1 atom stereocenters. The van der Waals surface area contributed by atoms with Crippen molar-refractivity contribution >= 4 is 23.2 Å². The number of ether oxygens (including phenoxy) is 2. The largest absolute Gasteiger partial charge is 0.487 e. The van der Waals surface area contributed by atoms with E-state index >= 15 is 0 Å². The summed E-state index contributed by atoms with van der Waals surface area (Å²) in [6, 6.07) is 13.1. The van der Waals surface area contributed by atoms with Gasteiger partial charge in [0.05, 0.1) is 12.0 Å². The first kappa shape index (κ1) is 15.6. The van der Waals surface area contributed by atoms with Gasteiger partial charge in [-0.3, -0.25) is 4.79 Å². The number of alkyl halides is 1. The van der Waals surface area contributed by atoms with E-state index in [1.54, 1.807) is 12.1 Å². The predicted molar refractivity (Wildman–Crippen MR) is 87.0 cm³/mol. The van der Waals surface area contributed by atoms with Crippen LogP contribution in [0.4, 0.5) is 5.69 Å². The summed E-state index contributed by atoms with van der Waals surface area (Å²) in [6.45, 7) is 0.262. The molecule has 2 aromatic carbocycles. The fourth-order valence-corrected chi connectivity index (χ4v) is 2.54. The van der Waals surface area contributed by atoms with Crippen LogP contribution in [-0.4, -0.2) is 23.5 Å². The average molecular weight is 334 g/mol. The second-order valence-electron chi connectivity index (χ2n) is 5.14. The Morgan fingerprint density at radius 1 is 1.26 bits per heavy atom. The van der Waals surface area contributed by atoms with Gasteiger partial charge in [-0.1, -0.05) is 30.3 Å². The first-order chi connectivity index (χ1) is 11.2. The van der Waals surface area contributed by atoms with Gasteiger partial charge in [-0.2, -0.15) is 0 Å². The smallest absolute Gasteiger partial charge is 0.262 e. The van der Waals surface area contributed by atoms with Gasteiger partial charge in [0.25, 0.3) is 5.91 Å². The summed E-state index contributed by atoms with van der Waals surface area (Å²) in [6.07, 6.45) is -0.872. The lowest BCUT2D eigenvalue weighted by Crippen LogP contribution is -2.27. The Morgan fingerprint density at radius 2 is 2.04 bits per heavy atom. The normalized spacial score (nSPS) is 14.4. The van der Waals surface area contributed by atoms with Gasteiger partial charge in [0.1, 0.15) is 18.0 Å². The zero-order chi connectivity index (χ0) is 16.2. The van der Waals surface area contributed by atoms with Crippen LogP contribution < -0.4 is 14.8 Å². The number of halogens is 1. The van der Waals surface area contributed by atoms with E-state index in [4.69, 9.17) is 21.1 Å². The first-order valence-electron chi connectivity index (χ1n) is 7.19. The molecular weight excluding hydrogens is 318 g/mol. The van der Waals surface area contributed by atoms with Crippen molar-refractivity contribution in [1.82, 2.24) is 0 Å². The highest BCUT2D eigenvalue weighted by molar-refractivity contribution is 6.18. The Balaban J connectivity index is 1.90. The molecule has 1 amide bonds. The van der Waals surface area contributed by atoms with E-state index in [1.807, 2.05) is 30.3 Å². The number of aliphatic hydroxyl groups excluding tert-OH is 1. The van der Waals surface area contributed by atoms with Crippen LogP contribution in [0.1, 0.15) is 17.2 Å². The number of carbonyl (C=O) groups excluding carboxylic acids is 1. The summed E-state index contributed by atoms with van der Waals surface area (Å²) in [5, 5.41) is 12.7. The first-order valence-corrected chi connectivity index (χ1v) is 7.73. The van der Waals surface area contributed by atoms with Crippen molar-refractivity contribution < 1.29 is 19.4 Å². The highest BCUT2D eigenvalue weighted by atomic mass is 35.5. The van der Waals surface area contributed by atoms with Gasteiger partial charge in [0.2, 0.25) is 0 Å². The number of nitrogens with one attached hydrogen (secondary N) is 1. The molecule has 120 valence electrons. The number of carbonyl (C=O) groups is 1. The monoisotopic (exact) mass is 333 g/mol. The minimum Gasteiger partial charge on any atom is -0.487 e. The molecule has 1 aliphatic heterocycles. The molecule has 1 aliphatic rings. The Labute approximate surface area is 138 Å². The molecule has 1 unspecified atom stereocenters. The van der Waals surface area contributed by atoms with Crippen molar-refractivity contribution in [3.05, 3.63) is 53.6 Å². The number of anilines is 1. The number of rotatable bonds is 5. The van der Waals surface area contributed by atoms with Crippen LogP contribution in [0.5, 0.6) is 11.5 Å². The van der Waals surface area contributed by atoms with E-state index in [-0.39, 0.29) is 18.4 Å². The van der Waals surface area contributed by atoms with Gasteiger partial charge in [0, 0.05) is 5.56 Å². The molecule has 3 rings (SSSR count). The predicted octanol–water partition coefficient (Wildman–Crippen LogP) is 2.87. The number of benzene rings is 2. The molecule has 2 aromatic rings. The van der Waals surface area contributed by atoms with Crippen LogP contribution in [0.2, 0.25) is 0 Å². The fourth-order valence-electron chi connectivity index (χ4n) is 2.37. The number of amides is 1. The summed E-state index contributed by atoms with van der Waals surface area (Å²) in [5.41, 5.74) is 1.97. The van der Waals surface area contributed by atoms with Crippen molar-refractivity contribution in [1.29, 1.82) is 0 Å². The van der Waals surface area contributed by atoms with Crippen molar-refractivity contribution in [3.8, 4) is 11.5 Å². The van der Waals surface area contributed by atoms with Crippen LogP contribution in [0, 0.1) is 0 Å². The lowest BCUT2D eigenvalue weighted by atomic mass is 10.1. The quantitative estimate of drug-likeness (QED) is 0.826. The highest BCUT2D eigenvalue weighted by Gasteiger charge is 2.26. The van der Waals surface area contributed by atoms with Gasteiger partial charge in [0.15, 0.2) is 12.4 Å². The molecule has 0 saturated carbocycles. The molecule has 5 nitrogen and oxygen atoms in total. The molecule has 0 aliphatic carbocycles. The minimum absolute atomic E-state index is 0.0357. The molecule has 0 aromatic heterocycles. The van der Waals surface area contributed by atoms with Gasteiger partial charge >= 0.3 is 0 Å². The molecule has 6 heteroatoms. The molecular formula is C17H16ClNO4. The Hall–Kier alpha value is -2.24. The number of hydrogen-bond acceptors (Lipinski definition) is 4. The third kappa shape index (κ3) is 3.41. The van der Waals surface area contributed by atoms with Crippen molar-refractivity contribution in [2.45, 2.75) is 12.7 Å². The van der Waals surface area contributed by atoms with Gasteiger partial charge in [-0.05, 0) is 17.7 Å². The van der Waals surface area contributed by atoms with Crippen molar-refractivity contribution in [3.63, 3.8) is 0 Å². The molecule has 1 heterocycles. The van der Waals surface area contributed by atoms with Crippen LogP contribution in [0.25, 0.3) is 0 Å². The number of aliphatic hydroxyl groups is 1. The fraction of sp³-hybridized carbons (Fsp3) is 0.235. The lowest BCUT2D eigenvalue weighted by Gasteiger charge is -2.24. The third-order valence-corrected chi connectivity index (χ3v) is 3.80. The molecule has 23 heavy (non-hydrogen) atoms. The van der Waals surface area contributed by atoms with Crippen LogP contribution in [0.15, 0.2) is 42.5 Å². The van der Waals surface area contributed by atoms with Crippen LogP contribution >= 0.6 is 11.6 Å². The van der Waals surface area contributed by atoms with Crippen LogP contribution in [0.3, 0.4) is 0 Å². The Morgan fingerprint density at radius 3 is 2.78 bits per heavy atom. The molecule has 0 fully saturated rings. The number of hydrogen-bond donors (Lipinski definition) is 2. The zero-order valence-electron chi connectivity index (χ0n) is 12.3. The van der Waals surface area contributed by atoms with Gasteiger partial charge in [-0.15, -0.1) is 11.6 Å². The maximum Gasteiger partial charge on any atom is 0.262 e. The van der Waals surface area contributed by atoms with Gasteiger partial charge in [-0.25, -0.2) is 0 Å². The zero-order valence-corrected chi connectivity index (χ0v) is 13.0. The van der Waals surface area contributed by atoms with Crippen LogP contribution in [-0.2, 0) is 11.4 Å². The average Bonchev–Trinajstić information content (AvgIpc) is 2.59.